The maximum absolute atomic E-state index is 12.7. The second kappa shape index (κ2) is 11.0. The first-order valence-electron chi connectivity index (χ1n) is 11.6. The van der Waals surface area contributed by atoms with E-state index in [1.54, 1.807) is 0 Å². The molecule has 0 aromatic heterocycles. The lowest BCUT2D eigenvalue weighted by atomic mass is 9.89. The molecule has 0 aromatic carbocycles. The molecule has 0 amide bonds. The summed E-state index contributed by atoms with van der Waals surface area (Å²) < 4.78 is 60.5. The second-order valence-electron chi connectivity index (χ2n) is 5.64. The molecule has 0 atom stereocenters. The first-order chi connectivity index (χ1) is 14.1. The maximum Gasteiger partial charge on any atom is 0.228 e. The summed E-state index contributed by atoms with van der Waals surface area (Å²) in [5, 5.41) is 9.17. The van der Waals surface area contributed by atoms with Crippen LogP contribution >= 0.6 is 0 Å². The molecular weight excluding hydrogens is 308 g/mol. The van der Waals surface area contributed by atoms with Crippen molar-refractivity contribution in [1.82, 2.24) is 0 Å². The summed E-state index contributed by atoms with van der Waals surface area (Å²) in [6.07, 6.45) is 1.91. The Balaban J connectivity index is 2.52. The first kappa shape index (κ1) is 11.9. The number of aliphatic hydroxyl groups is 1. The molecule has 0 unspecified atom stereocenters. The zero-order valence-electron chi connectivity index (χ0n) is 21.2. The van der Waals surface area contributed by atoms with Crippen LogP contribution in [0, 0.1) is 0 Å². The quantitative estimate of drug-likeness (QED) is 0.433. The van der Waals surface area contributed by atoms with E-state index in [0.717, 1.165) is 19.3 Å². The van der Waals surface area contributed by atoms with E-state index in [4.69, 9.17) is 24.2 Å². The fraction of sp³-hybridized carbons (Fsp3) is 0.684. The van der Waals surface area contributed by atoms with Gasteiger partial charge in [-0.2, -0.15) is 0 Å². The van der Waals surface area contributed by atoms with Gasteiger partial charge in [0, 0.05) is 20.4 Å². The van der Waals surface area contributed by atoms with E-state index < -0.39 is 43.1 Å². The zero-order chi connectivity index (χ0) is 24.0. The van der Waals surface area contributed by atoms with Gasteiger partial charge in [0.25, 0.3) is 0 Å². The molecule has 0 bridgehead atoms. The molecule has 136 valence electrons. The van der Waals surface area contributed by atoms with Crippen LogP contribution in [-0.2, 0) is 19.1 Å². The minimum absolute atomic E-state index is 0.0837. The number of ether oxygens (including phenoxy) is 2. The van der Waals surface area contributed by atoms with E-state index >= 15 is 0 Å². The smallest absolute Gasteiger partial charge is 0.228 e. The molecule has 0 saturated carbocycles. The Labute approximate surface area is 154 Å². The van der Waals surface area contributed by atoms with Crippen LogP contribution in [0.1, 0.15) is 74.3 Å². The second-order valence-corrected chi connectivity index (χ2v) is 5.64. The predicted octanol–water partition coefficient (Wildman–Crippen LogP) is 3.46. The Morgan fingerprint density at radius 2 is 1.54 bits per heavy atom. The highest BCUT2D eigenvalue weighted by Gasteiger charge is 2.34. The van der Waals surface area contributed by atoms with Crippen LogP contribution in [0.4, 0.5) is 0 Å². The molecule has 1 N–H and O–H groups in total. The standard InChI is InChI=1S/C19H30O5/c1-14-15(12-10-8-6-4-5-7-9-11-13-20)17(22)19(24-3)18(23-2)16(14)21/h20H,4-13H2,1-3H3/i3D3,11D2,13D2. The summed E-state index contributed by atoms with van der Waals surface area (Å²) in [5.41, 5.74) is 0.420. The zero-order valence-corrected chi connectivity index (χ0v) is 14.2. The minimum Gasteiger partial charge on any atom is -0.489 e. The van der Waals surface area contributed by atoms with Gasteiger partial charge < -0.3 is 14.6 Å². The number of rotatable bonds is 12. The fourth-order valence-corrected chi connectivity index (χ4v) is 2.68. The first-order valence-corrected chi connectivity index (χ1v) is 8.11. The molecule has 5 heteroatoms. The number of carbonyl (C=O) groups is 2. The van der Waals surface area contributed by atoms with Crippen molar-refractivity contribution in [3.05, 3.63) is 22.7 Å². The van der Waals surface area contributed by atoms with E-state index in [2.05, 4.69) is 0 Å². The van der Waals surface area contributed by atoms with Crippen LogP contribution in [0.3, 0.4) is 0 Å². The summed E-state index contributed by atoms with van der Waals surface area (Å²) in [7, 11) is -1.72. The normalized spacial score (nSPS) is 21.4. The summed E-state index contributed by atoms with van der Waals surface area (Å²) >= 11 is 0. The molecule has 0 spiro atoms. The Kier molecular flexibility index (Phi) is 5.44. The van der Waals surface area contributed by atoms with E-state index in [1.165, 1.54) is 14.0 Å². The molecule has 0 aromatic rings. The highest BCUT2D eigenvalue weighted by molar-refractivity contribution is 6.23. The van der Waals surface area contributed by atoms with Crippen molar-refractivity contribution in [3.8, 4) is 0 Å². The Morgan fingerprint density at radius 1 is 0.958 bits per heavy atom. The minimum atomic E-state index is -2.89. The monoisotopic (exact) mass is 345 g/mol. The molecule has 0 saturated heterocycles. The number of allylic oxidation sites excluding steroid dienone is 2. The molecular formula is C19H30O5. The van der Waals surface area contributed by atoms with Gasteiger partial charge in [-0.15, -0.1) is 0 Å². The van der Waals surface area contributed by atoms with Crippen LogP contribution in [0.25, 0.3) is 0 Å². The number of ketones is 2. The number of carbonyl (C=O) groups excluding carboxylic acids is 2. The molecule has 0 heterocycles. The van der Waals surface area contributed by atoms with Gasteiger partial charge in [0.15, 0.2) is 0 Å². The van der Waals surface area contributed by atoms with Gasteiger partial charge in [0.2, 0.25) is 23.1 Å². The lowest BCUT2D eigenvalue weighted by Gasteiger charge is -2.20. The Hall–Kier alpha value is -1.62. The van der Waals surface area contributed by atoms with Crippen molar-refractivity contribution in [3.63, 3.8) is 0 Å². The van der Waals surface area contributed by atoms with Crippen LogP contribution < -0.4 is 0 Å². The third kappa shape index (κ3) is 5.48. The van der Waals surface area contributed by atoms with Gasteiger partial charge in [-0.05, 0) is 26.1 Å². The molecule has 0 aliphatic heterocycles. The van der Waals surface area contributed by atoms with Crippen molar-refractivity contribution in [2.24, 2.45) is 0 Å². The number of unbranched alkanes of at least 4 members (excludes halogenated alkanes) is 5. The van der Waals surface area contributed by atoms with E-state index in [-0.39, 0.29) is 24.0 Å². The van der Waals surface area contributed by atoms with Gasteiger partial charge in [-0.1, -0.05) is 38.5 Å². The third-order valence-electron chi connectivity index (χ3n) is 4.05. The highest BCUT2D eigenvalue weighted by atomic mass is 16.5. The van der Waals surface area contributed by atoms with Gasteiger partial charge in [0.1, 0.15) is 0 Å². The van der Waals surface area contributed by atoms with Crippen LogP contribution in [0.5, 0.6) is 0 Å². The molecule has 0 fully saturated rings. The average Bonchev–Trinajstić information content (AvgIpc) is 2.62. The lowest BCUT2D eigenvalue weighted by Crippen LogP contribution is -2.25. The number of Topliss-reactive ketones (excluding diaryl/α,β-unsaturated/α-hetero) is 2. The molecule has 0 radical (unpaired) electrons. The van der Waals surface area contributed by atoms with E-state index in [1.807, 2.05) is 0 Å². The number of hydrogen-bond donors (Lipinski definition) is 1. The molecule has 1 aliphatic carbocycles. The van der Waals surface area contributed by atoms with E-state index in [0.29, 0.717) is 19.3 Å². The van der Waals surface area contributed by atoms with Crippen molar-refractivity contribution >= 4 is 11.6 Å². The lowest BCUT2D eigenvalue weighted by molar-refractivity contribution is -0.121. The highest BCUT2D eigenvalue weighted by Crippen LogP contribution is 2.28. The average molecular weight is 345 g/mol. The molecule has 24 heavy (non-hydrogen) atoms. The van der Waals surface area contributed by atoms with Crippen molar-refractivity contribution in [2.75, 3.05) is 20.7 Å². The predicted molar refractivity (Wildman–Crippen MR) is 92.4 cm³/mol. The van der Waals surface area contributed by atoms with Gasteiger partial charge in [-0.3, -0.25) is 9.59 Å². The maximum atomic E-state index is 12.7. The summed E-state index contributed by atoms with van der Waals surface area (Å²) in [5.74, 6) is -2.24. The summed E-state index contributed by atoms with van der Waals surface area (Å²) in [6, 6.07) is 0. The van der Waals surface area contributed by atoms with Crippen molar-refractivity contribution < 1.29 is 33.8 Å². The summed E-state index contributed by atoms with van der Waals surface area (Å²) in [4.78, 5) is 25.1. The number of methoxy groups -OCH3 is 2. The summed E-state index contributed by atoms with van der Waals surface area (Å²) in [6.45, 7) is -1.38. The molecule has 5 nitrogen and oxygen atoms in total. The van der Waals surface area contributed by atoms with Crippen LogP contribution in [-0.4, -0.2) is 37.4 Å². The van der Waals surface area contributed by atoms with Gasteiger partial charge >= 0.3 is 0 Å². The Morgan fingerprint density at radius 3 is 2.12 bits per heavy atom. The largest absolute Gasteiger partial charge is 0.489 e. The van der Waals surface area contributed by atoms with Crippen molar-refractivity contribution in [2.45, 2.75) is 64.7 Å². The van der Waals surface area contributed by atoms with E-state index in [9.17, 15) is 9.59 Å². The third-order valence-corrected chi connectivity index (χ3v) is 4.05. The topological polar surface area (TPSA) is 72.8 Å². The Bertz CT molecular complexity index is 733. The van der Waals surface area contributed by atoms with Crippen LogP contribution in [0.2, 0.25) is 0 Å². The number of hydrogen-bond acceptors (Lipinski definition) is 5. The van der Waals surface area contributed by atoms with Gasteiger partial charge in [-0.25, -0.2) is 0 Å². The molecule has 1 rings (SSSR count). The molecule has 1 aliphatic rings. The SMILES string of the molecule is [2H]C([2H])([2H])OC1=C(OC)C(=O)C(C)=C(CCCCCCCCC([2H])([2H])C([2H])([2H])O)C1=O. The fourth-order valence-electron chi connectivity index (χ4n) is 2.68. The van der Waals surface area contributed by atoms with Gasteiger partial charge in [0.05, 0.1) is 21.0 Å². The van der Waals surface area contributed by atoms with Crippen molar-refractivity contribution in [1.29, 1.82) is 0 Å². The van der Waals surface area contributed by atoms with Crippen LogP contribution in [0.15, 0.2) is 22.7 Å².